The number of methoxy groups -OCH3 is 1. The first-order valence-corrected chi connectivity index (χ1v) is 6.08. The zero-order valence-electron chi connectivity index (χ0n) is 11.6. The van der Waals surface area contributed by atoms with Crippen LogP contribution in [0.5, 0.6) is 0 Å². The van der Waals surface area contributed by atoms with Gasteiger partial charge in [0.15, 0.2) is 0 Å². The molecule has 0 radical (unpaired) electrons. The molecular weight excluding hydrogens is 270 g/mol. The van der Waals surface area contributed by atoms with Crippen molar-refractivity contribution in [2.24, 2.45) is 10.9 Å². The average Bonchev–Trinajstić information content (AvgIpc) is 2.45. The largest absolute Gasteiger partial charge is 0.509 e. The molecule has 0 aliphatic heterocycles. The van der Waals surface area contributed by atoms with E-state index in [9.17, 15) is 9.59 Å². The molecule has 0 rings (SSSR count). The third-order valence-electron chi connectivity index (χ3n) is 2.27. The highest BCUT2D eigenvalue weighted by molar-refractivity contribution is 5.89. The number of unbranched alkanes of at least 4 members (excludes halogenated alkanes) is 1. The molecule has 9 heteroatoms. The van der Waals surface area contributed by atoms with Gasteiger partial charge in [0.2, 0.25) is 5.90 Å². The first-order chi connectivity index (χ1) is 9.51. The molecule has 9 nitrogen and oxygen atoms in total. The Balaban J connectivity index is 3.55. The van der Waals surface area contributed by atoms with Crippen molar-refractivity contribution in [1.29, 1.82) is 0 Å². The summed E-state index contributed by atoms with van der Waals surface area (Å²) < 4.78 is 13.5. The van der Waals surface area contributed by atoms with Gasteiger partial charge in [0.1, 0.15) is 12.8 Å². The Labute approximate surface area is 117 Å². The normalized spacial score (nSPS) is 12.7. The number of esters is 1. The van der Waals surface area contributed by atoms with Crippen LogP contribution in [0.1, 0.15) is 26.2 Å². The molecule has 0 unspecified atom stereocenters. The summed E-state index contributed by atoms with van der Waals surface area (Å²) in [6.45, 7) is 2.01. The molecule has 4 N–H and O–H groups in total. The maximum Gasteiger partial charge on any atom is 0.509 e. The van der Waals surface area contributed by atoms with E-state index in [2.05, 4.69) is 24.7 Å². The molecule has 0 saturated heterocycles. The summed E-state index contributed by atoms with van der Waals surface area (Å²) in [6, 6.07) is -0.766. The smallest absolute Gasteiger partial charge is 0.438 e. The summed E-state index contributed by atoms with van der Waals surface area (Å²) in [5.74, 6) is -0.783. The Morgan fingerprint density at radius 1 is 1.40 bits per heavy atom. The molecule has 0 amide bonds. The van der Waals surface area contributed by atoms with Crippen LogP contribution in [0.4, 0.5) is 4.79 Å². The number of oxime groups is 1. The Kier molecular flexibility index (Phi) is 9.97. The molecular formula is C11H21N3O6. The highest BCUT2D eigenvalue weighted by Crippen LogP contribution is 2.01. The van der Waals surface area contributed by atoms with E-state index < -0.39 is 18.2 Å². The van der Waals surface area contributed by atoms with Crippen LogP contribution < -0.4 is 11.1 Å². The van der Waals surface area contributed by atoms with E-state index in [0.717, 1.165) is 6.42 Å². The number of ether oxygens (including phenoxy) is 3. The Morgan fingerprint density at radius 2 is 2.10 bits per heavy atom. The van der Waals surface area contributed by atoms with Gasteiger partial charge in [-0.25, -0.2) is 9.59 Å². The molecule has 0 aromatic carbocycles. The third kappa shape index (κ3) is 9.11. The Morgan fingerprint density at radius 3 is 2.70 bits per heavy atom. The summed E-state index contributed by atoms with van der Waals surface area (Å²) in [6.07, 6.45) is 1.13. The number of hydrogen-bond donors (Lipinski definition) is 3. The average molecular weight is 291 g/mol. The van der Waals surface area contributed by atoms with E-state index in [1.165, 1.54) is 14.0 Å². The molecule has 0 spiro atoms. The second kappa shape index (κ2) is 11.0. The molecule has 0 aliphatic carbocycles. The number of nitrogens with zero attached hydrogens (tertiary/aromatic N) is 1. The van der Waals surface area contributed by atoms with Crippen molar-refractivity contribution in [1.82, 2.24) is 5.32 Å². The zero-order chi connectivity index (χ0) is 15.4. The lowest BCUT2D eigenvalue weighted by molar-refractivity contribution is -0.137. The van der Waals surface area contributed by atoms with Crippen molar-refractivity contribution in [2.45, 2.75) is 32.2 Å². The van der Waals surface area contributed by atoms with Gasteiger partial charge in [-0.2, -0.15) is 0 Å². The summed E-state index contributed by atoms with van der Waals surface area (Å²) >= 11 is 0. The van der Waals surface area contributed by atoms with Crippen molar-refractivity contribution >= 4 is 18.0 Å². The second-order valence-corrected chi connectivity index (χ2v) is 3.89. The van der Waals surface area contributed by atoms with E-state index in [4.69, 9.17) is 10.9 Å². The van der Waals surface area contributed by atoms with Crippen molar-refractivity contribution in [3.63, 3.8) is 0 Å². The van der Waals surface area contributed by atoms with Crippen molar-refractivity contribution in [3.8, 4) is 0 Å². The maximum absolute atomic E-state index is 11.4. The van der Waals surface area contributed by atoms with Gasteiger partial charge in [-0.15, -0.1) is 0 Å². The predicted molar refractivity (Wildman–Crippen MR) is 69.2 cm³/mol. The SMILES string of the molecule is COC(=O)OCNCCCC[C@H](N)C(=O)OC(C)=NO. The van der Waals surface area contributed by atoms with Gasteiger partial charge in [-0.05, 0) is 19.4 Å². The van der Waals surface area contributed by atoms with Crippen LogP contribution in [0.3, 0.4) is 0 Å². The van der Waals surface area contributed by atoms with Gasteiger partial charge in [0.05, 0.1) is 7.11 Å². The van der Waals surface area contributed by atoms with Gasteiger partial charge < -0.3 is 25.2 Å². The molecule has 20 heavy (non-hydrogen) atoms. The number of nitrogens with two attached hydrogens (primary N) is 1. The molecule has 116 valence electrons. The van der Waals surface area contributed by atoms with E-state index >= 15 is 0 Å². The molecule has 0 bridgehead atoms. The minimum Gasteiger partial charge on any atom is -0.438 e. The van der Waals surface area contributed by atoms with Gasteiger partial charge in [-0.3, -0.25) is 5.32 Å². The molecule has 0 aliphatic rings. The van der Waals surface area contributed by atoms with Crippen LogP contribution in [-0.4, -0.2) is 49.7 Å². The summed E-state index contributed by atoms with van der Waals surface area (Å²) in [4.78, 5) is 22.0. The Hall–Kier alpha value is -1.87. The number of rotatable bonds is 8. The molecule has 0 aromatic rings. The van der Waals surface area contributed by atoms with E-state index in [0.29, 0.717) is 19.4 Å². The van der Waals surface area contributed by atoms with E-state index in [1.54, 1.807) is 0 Å². The van der Waals surface area contributed by atoms with Gasteiger partial charge in [-0.1, -0.05) is 11.6 Å². The number of nitrogens with one attached hydrogen (secondary N) is 1. The maximum atomic E-state index is 11.4. The zero-order valence-corrected chi connectivity index (χ0v) is 11.6. The van der Waals surface area contributed by atoms with Crippen LogP contribution in [0.2, 0.25) is 0 Å². The summed E-state index contributed by atoms with van der Waals surface area (Å²) in [5.41, 5.74) is 5.60. The fourth-order valence-corrected chi connectivity index (χ4v) is 1.21. The van der Waals surface area contributed by atoms with Crippen LogP contribution in [0.25, 0.3) is 0 Å². The number of hydrogen-bond acceptors (Lipinski definition) is 9. The first-order valence-electron chi connectivity index (χ1n) is 6.08. The summed E-state index contributed by atoms with van der Waals surface area (Å²) in [7, 11) is 1.23. The monoisotopic (exact) mass is 291 g/mol. The van der Waals surface area contributed by atoms with E-state index in [-0.39, 0.29) is 12.6 Å². The van der Waals surface area contributed by atoms with Gasteiger partial charge in [0.25, 0.3) is 0 Å². The topological polar surface area (TPSA) is 132 Å². The quantitative estimate of drug-likeness (QED) is 0.110. The van der Waals surface area contributed by atoms with Crippen LogP contribution in [0, 0.1) is 0 Å². The van der Waals surface area contributed by atoms with E-state index in [1.807, 2.05) is 0 Å². The van der Waals surface area contributed by atoms with Crippen molar-refractivity contribution in [2.75, 3.05) is 20.4 Å². The van der Waals surface area contributed by atoms with Gasteiger partial charge in [0, 0.05) is 6.92 Å². The predicted octanol–water partition coefficient (Wildman–Crippen LogP) is 0.165. The van der Waals surface area contributed by atoms with Gasteiger partial charge >= 0.3 is 12.1 Å². The standard InChI is InChI=1S/C11H21N3O6/c1-8(14-17)20-10(15)9(12)5-3-4-6-13-7-19-11(16)18-2/h9,13,17H,3-7,12H2,1-2H3/t9-/m0/s1. The van der Waals surface area contributed by atoms with Crippen LogP contribution in [0.15, 0.2) is 5.16 Å². The lowest BCUT2D eigenvalue weighted by atomic mass is 10.1. The minimum absolute atomic E-state index is 0.0624. The lowest BCUT2D eigenvalue weighted by Crippen LogP contribution is -2.33. The van der Waals surface area contributed by atoms with Crippen molar-refractivity contribution < 1.29 is 29.0 Å². The minimum atomic E-state index is -0.766. The fourth-order valence-electron chi connectivity index (χ4n) is 1.21. The molecule has 0 aromatic heterocycles. The van der Waals surface area contributed by atoms with Crippen molar-refractivity contribution in [3.05, 3.63) is 0 Å². The number of carbonyl (C=O) groups is 2. The Bertz CT molecular complexity index is 334. The fraction of sp³-hybridized carbons (Fsp3) is 0.727. The second-order valence-electron chi connectivity index (χ2n) is 3.89. The molecule has 0 fully saturated rings. The first kappa shape index (κ1) is 18.1. The molecule has 0 saturated carbocycles. The van der Waals surface area contributed by atoms with Crippen LogP contribution >= 0.6 is 0 Å². The highest BCUT2D eigenvalue weighted by Gasteiger charge is 2.15. The lowest BCUT2D eigenvalue weighted by Gasteiger charge is -2.10. The number of carbonyl (C=O) groups excluding carboxylic acids is 2. The highest BCUT2D eigenvalue weighted by atomic mass is 16.7. The molecule has 0 heterocycles. The molecule has 1 atom stereocenters. The third-order valence-corrected chi connectivity index (χ3v) is 2.27. The van der Waals surface area contributed by atoms with Crippen LogP contribution in [-0.2, 0) is 19.0 Å². The summed E-state index contributed by atoms with van der Waals surface area (Å²) in [5, 5.41) is 13.9.